The number of hydrogen-bond donors (Lipinski definition) is 1. The fourth-order valence-electron chi connectivity index (χ4n) is 2.28. The van der Waals surface area contributed by atoms with E-state index in [-0.39, 0.29) is 11.8 Å². The van der Waals surface area contributed by atoms with Gasteiger partial charge in [-0.1, -0.05) is 29.5 Å². The van der Waals surface area contributed by atoms with Gasteiger partial charge in [0.2, 0.25) is 11.0 Å². The molecule has 6 nitrogen and oxygen atoms in total. The number of carbonyl (C=O) groups is 1. The average molecular weight is 328 g/mol. The predicted molar refractivity (Wildman–Crippen MR) is 83.9 cm³/mol. The van der Waals surface area contributed by atoms with Crippen LogP contribution in [0.15, 0.2) is 4.34 Å². The minimum Gasteiger partial charge on any atom is -0.379 e. The van der Waals surface area contributed by atoms with Gasteiger partial charge in [-0.25, -0.2) is 0 Å². The Hall–Kier alpha value is -0.700. The van der Waals surface area contributed by atoms with Crippen molar-refractivity contribution in [3.8, 4) is 0 Å². The third-order valence-electron chi connectivity index (χ3n) is 3.85. The van der Waals surface area contributed by atoms with Crippen molar-refractivity contribution in [2.75, 3.05) is 43.9 Å². The van der Waals surface area contributed by atoms with Crippen molar-refractivity contribution in [1.29, 1.82) is 0 Å². The first-order chi connectivity index (χ1) is 10.3. The fraction of sp³-hybridized carbons (Fsp3) is 0.769. The molecular formula is C13H20N4O2S2. The van der Waals surface area contributed by atoms with Crippen molar-refractivity contribution in [3.63, 3.8) is 0 Å². The number of aromatic nitrogens is 2. The second kappa shape index (κ2) is 7.53. The lowest BCUT2D eigenvalue weighted by molar-refractivity contribution is -0.122. The van der Waals surface area contributed by atoms with Gasteiger partial charge in [0.05, 0.1) is 13.2 Å². The Morgan fingerprint density at radius 2 is 2.19 bits per heavy atom. The van der Waals surface area contributed by atoms with E-state index < -0.39 is 0 Å². The molecule has 0 bridgehead atoms. The van der Waals surface area contributed by atoms with Crippen LogP contribution < -0.4 is 5.32 Å². The van der Waals surface area contributed by atoms with Crippen LogP contribution in [0, 0.1) is 5.92 Å². The van der Waals surface area contributed by atoms with Crippen molar-refractivity contribution < 1.29 is 9.53 Å². The van der Waals surface area contributed by atoms with Crippen LogP contribution in [0.25, 0.3) is 0 Å². The van der Waals surface area contributed by atoms with E-state index in [0.717, 1.165) is 62.2 Å². The lowest BCUT2D eigenvalue weighted by atomic mass is 9.85. The standard InChI is InChI=1S/C13H20N4O2S2/c18-11(10-2-1-3-10)14-12-15-16-13(21-12)20-9-6-17-4-7-19-8-5-17/h10H,1-9H2,(H,14,15,18). The quantitative estimate of drug-likeness (QED) is 0.633. The number of carbonyl (C=O) groups excluding carboxylic acids is 1. The van der Waals surface area contributed by atoms with Gasteiger partial charge >= 0.3 is 0 Å². The number of hydrogen-bond acceptors (Lipinski definition) is 7. The Labute approximate surface area is 132 Å². The molecule has 0 radical (unpaired) electrons. The van der Waals surface area contributed by atoms with Crippen LogP contribution in [0.5, 0.6) is 0 Å². The molecule has 1 aliphatic carbocycles. The van der Waals surface area contributed by atoms with Gasteiger partial charge in [-0.05, 0) is 12.8 Å². The molecule has 0 aromatic carbocycles. The van der Waals surface area contributed by atoms with Gasteiger partial charge < -0.3 is 10.1 Å². The van der Waals surface area contributed by atoms with Gasteiger partial charge in [-0.3, -0.25) is 9.69 Å². The molecule has 1 amide bonds. The molecule has 2 aliphatic rings. The molecule has 1 aromatic rings. The summed E-state index contributed by atoms with van der Waals surface area (Å²) in [5.41, 5.74) is 0. The summed E-state index contributed by atoms with van der Waals surface area (Å²) in [4.78, 5) is 14.2. The zero-order valence-electron chi connectivity index (χ0n) is 11.9. The highest BCUT2D eigenvalue weighted by Crippen LogP contribution is 2.29. The average Bonchev–Trinajstić information content (AvgIpc) is 2.85. The van der Waals surface area contributed by atoms with Crippen molar-refractivity contribution in [1.82, 2.24) is 15.1 Å². The molecule has 0 spiro atoms. The van der Waals surface area contributed by atoms with Gasteiger partial charge in [-0.15, -0.1) is 10.2 Å². The van der Waals surface area contributed by atoms with E-state index in [2.05, 4.69) is 20.4 Å². The zero-order chi connectivity index (χ0) is 14.5. The summed E-state index contributed by atoms with van der Waals surface area (Å²) in [5.74, 6) is 1.28. The van der Waals surface area contributed by atoms with Crippen molar-refractivity contribution in [2.24, 2.45) is 5.92 Å². The predicted octanol–water partition coefficient (Wildman–Crippen LogP) is 1.70. The van der Waals surface area contributed by atoms with Gasteiger partial charge in [0.15, 0.2) is 4.34 Å². The zero-order valence-corrected chi connectivity index (χ0v) is 13.5. The van der Waals surface area contributed by atoms with Crippen LogP contribution >= 0.6 is 23.1 Å². The van der Waals surface area contributed by atoms with Crippen LogP contribution in [0.4, 0.5) is 5.13 Å². The summed E-state index contributed by atoms with van der Waals surface area (Å²) in [5, 5.41) is 11.7. The van der Waals surface area contributed by atoms with Crippen LogP contribution in [0.1, 0.15) is 19.3 Å². The molecule has 1 saturated carbocycles. The first kappa shape index (κ1) is 15.2. The monoisotopic (exact) mass is 328 g/mol. The SMILES string of the molecule is O=C(Nc1nnc(SCCN2CCOCC2)s1)C1CCC1. The number of rotatable bonds is 6. The minimum atomic E-state index is 0.0993. The molecule has 0 atom stereocenters. The maximum absolute atomic E-state index is 11.8. The Morgan fingerprint density at radius 1 is 1.38 bits per heavy atom. The van der Waals surface area contributed by atoms with E-state index in [1.165, 1.54) is 11.3 Å². The Kier molecular flexibility index (Phi) is 5.45. The highest BCUT2D eigenvalue weighted by molar-refractivity contribution is 8.01. The minimum absolute atomic E-state index is 0.0993. The molecule has 1 aromatic heterocycles. The van der Waals surface area contributed by atoms with Crippen molar-refractivity contribution in [3.05, 3.63) is 0 Å². The molecule has 0 unspecified atom stereocenters. The lowest BCUT2D eigenvalue weighted by Gasteiger charge is -2.25. The van der Waals surface area contributed by atoms with Crippen LogP contribution in [0.2, 0.25) is 0 Å². The largest absolute Gasteiger partial charge is 0.379 e. The van der Waals surface area contributed by atoms with E-state index in [1.54, 1.807) is 11.8 Å². The van der Waals surface area contributed by atoms with Crippen LogP contribution in [0.3, 0.4) is 0 Å². The molecule has 8 heteroatoms. The summed E-state index contributed by atoms with van der Waals surface area (Å²) in [6.45, 7) is 4.73. The Balaban J connectivity index is 1.38. The molecule has 1 saturated heterocycles. The third-order valence-corrected chi connectivity index (χ3v) is 5.80. The van der Waals surface area contributed by atoms with Crippen LogP contribution in [-0.2, 0) is 9.53 Å². The van der Waals surface area contributed by atoms with E-state index in [0.29, 0.717) is 5.13 Å². The van der Waals surface area contributed by atoms with Gasteiger partial charge in [0.25, 0.3) is 0 Å². The van der Waals surface area contributed by atoms with E-state index in [1.807, 2.05) is 0 Å². The molecule has 1 aliphatic heterocycles. The van der Waals surface area contributed by atoms with Gasteiger partial charge in [-0.2, -0.15) is 0 Å². The number of thioether (sulfide) groups is 1. The molecule has 116 valence electrons. The summed E-state index contributed by atoms with van der Waals surface area (Å²) < 4.78 is 6.25. The number of nitrogens with zero attached hydrogens (tertiary/aromatic N) is 3. The van der Waals surface area contributed by atoms with E-state index in [4.69, 9.17) is 4.74 Å². The molecule has 2 heterocycles. The third kappa shape index (κ3) is 4.38. The Morgan fingerprint density at radius 3 is 2.90 bits per heavy atom. The van der Waals surface area contributed by atoms with Crippen molar-refractivity contribution in [2.45, 2.75) is 23.6 Å². The number of morpholine rings is 1. The number of anilines is 1. The smallest absolute Gasteiger partial charge is 0.229 e. The summed E-state index contributed by atoms with van der Waals surface area (Å²) in [6, 6.07) is 0. The highest BCUT2D eigenvalue weighted by Gasteiger charge is 2.25. The Bertz CT molecular complexity index is 472. The van der Waals surface area contributed by atoms with E-state index >= 15 is 0 Å². The number of ether oxygens (including phenoxy) is 1. The first-order valence-corrected chi connectivity index (χ1v) is 9.19. The first-order valence-electron chi connectivity index (χ1n) is 7.38. The topological polar surface area (TPSA) is 67.4 Å². The molecule has 3 rings (SSSR count). The highest BCUT2D eigenvalue weighted by atomic mass is 32.2. The second-order valence-electron chi connectivity index (χ2n) is 5.29. The summed E-state index contributed by atoms with van der Waals surface area (Å²) >= 11 is 3.17. The number of amides is 1. The van der Waals surface area contributed by atoms with Crippen LogP contribution in [-0.4, -0.2) is 59.6 Å². The second-order valence-corrected chi connectivity index (χ2v) is 7.61. The maximum atomic E-state index is 11.8. The lowest BCUT2D eigenvalue weighted by Crippen LogP contribution is -2.37. The van der Waals surface area contributed by atoms with E-state index in [9.17, 15) is 4.79 Å². The van der Waals surface area contributed by atoms with Gasteiger partial charge in [0.1, 0.15) is 0 Å². The maximum Gasteiger partial charge on any atom is 0.229 e. The molecule has 1 N–H and O–H groups in total. The molecule has 2 fully saturated rings. The van der Waals surface area contributed by atoms with Crippen molar-refractivity contribution >= 4 is 34.1 Å². The summed E-state index contributed by atoms with van der Waals surface area (Å²) in [6.07, 6.45) is 3.18. The molecular weight excluding hydrogens is 308 g/mol. The fourth-order valence-corrected chi connectivity index (χ4v) is 4.11. The normalized spacial score (nSPS) is 20.2. The summed E-state index contributed by atoms with van der Waals surface area (Å²) in [7, 11) is 0. The number of nitrogens with one attached hydrogen (secondary N) is 1. The molecule has 21 heavy (non-hydrogen) atoms. The van der Waals surface area contributed by atoms with Gasteiger partial charge in [0, 0.05) is 31.3 Å².